The minimum Gasteiger partial charge on any atom is -0.381 e. The van der Waals surface area contributed by atoms with Crippen LogP contribution in [0.2, 0.25) is 0 Å². The van der Waals surface area contributed by atoms with Gasteiger partial charge in [0.05, 0.1) is 0 Å². The minimum atomic E-state index is 0.0256. The summed E-state index contributed by atoms with van der Waals surface area (Å²) >= 11 is 0. The summed E-state index contributed by atoms with van der Waals surface area (Å²) in [5, 5.41) is 0. The van der Waals surface area contributed by atoms with Crippen molar-refractivity contribution in [2.24, 2.45) is 11.3 Å². The lowest BCUT2D eigenvalue weighted by atomic mass is 9.99. The summed E-state index contributed by atoms with van der Waals surface area (Å²) in [5.41, 5.74) is 0.0256. The molecule has 0 aromatic carbocycles. The number of carbonyl (C=O) groups is 1. The summed E-state index contributed by atoms with van der Waals surface area (Å²) in [5.74, 6) is 1.06. The van der Waals surface area contributed by atoms with E-state index in [1.807, 2.05) is 0 Å². The second kappa shape index (κ2) is 4.92. The standard InChI is InChI=1S/C12H22O2/c1-10(2)4-8-14-9-7-12(5-6-12)11(3)13/h10H,4-9H2,1-3H3. The van der Waals surface area contributed by atoms with E-state index in [0.29, 0.717) is 11.7 Å². The number of hydrogen-bond donors (Lipinski definition) is 0. The van der Waals surface area contributed by atoms with Gasteiger partial charge in [-0.05, 0) is 38.5 Å². The van der Waals surface area contributed by atoms with Crippen molar-refractivity contribution in [1.82, 2.24) is 0 Å². The lowest BCUT2D eigenvalue weighted by Gasteiger charge is -2.11. The fraction of sp³-hybridized carbons (Fsp3) is 0.917. The molecule has 0 radical (unpaired) electrons. The van der Waals surface area contributed by atoms with Gasteiger partial charge in [0.15, 0.2) is 0 Å². The van der Waals surface area contributed by atoms with Gasteiger partial charge in [0, 0.05) is 18.6 Å². The summed E-state index contributed by atoms with van der Waals surface area (Å²) in [6, 6.07) is 0. The van der Waals surface area contributed by atoms with Crippen LogP contribution in [0.15, 0.2) is 0 Å². The van der Waals surface area contributed by atoms with Gasteiger partial charge in [0.1, 0.15) is 5.78 Å². The van der Waals surface area contributed by atoms with Crippen molar-refractivity contribution >= 4 is 5.78 Å². The lowest BCUT2D eigenvalue weighted by Crippen LogP contribution is -2.15. The topological polar surface area (TPSA) is 26.3 Å². The van der Waals surface area contributed by atoms with Gasteiger partial charge in [0.2, 0.25) is 0 Å². The molecule has 82 valence electrons. The third-order valence-electron chi connectivity index (χ3n) is 3.16. The quantitative estimate of drug-likeness (QED) is 0.588. The van der Waals surface area contributed by atoms with Gasteiger partial charge in [0.25, 0.3) is 0 Å². The molecule has 0 heterocycles. The first-order chi connectivity index (χ1) is 6.57. The van der Waals surface area contributed by atoms with Gasteiger partial charge < -0.3 is 4.74 Å². The molecule has 1 rings (SSSR count). The largest absolute Gasteiger partial charge is 0.381 e. The molecule has 2 heteroatoms. The van der Waals surface area contributed by atoms with Crippen molar-refractivity contribution in [2.75, 3.05) is 13.2 Å². The Bertz CT molecular complexity index is 192. The van der Waals surface area contributed by atoms with Crippen molar-refractivity contribution in [3.8, 4) is 0 Å². The zero-order valence-corrected chi connectivity index (χ0v) is 9.64. The van der Waals surface area contributed by atoms with Crippen LogP contribution in [0, 0.1) is 11.3 Å². The van der Waals surface area contributed by atoms with Crippen molar-refractivity contribution in [1.29, 1.82) is 0 Å². The highest BCUT2D eigenvalue weighted by molar-refractivity contribution is 5.84. The fourth-order valence-corrected chi connectivity index (χ4v) is 1.62. The van der Waals surface area contributed by atoms with Crippen LogP contribution in [0.1, 0.15) is 46.5 Å². The first-order valence-electron chi connectivity index (χ1n) is 5.66. The molecule has 1 aliphatic rings. The van der Waals surface area contributed by atoms with E-state index >= 15 is 0 Å². The Morgan fingerprint density at radius 2 is 2.00 bits per heavy atom. The first kappa shape index (κ1) is 11.7. The average molecular weight is 198 g/mol. The Balaban J connectivity index is 2.02. The number of Topliss-reactive ketones (excluding diaryl/α,β-unsaturated/α-hetero) is 1. The third kappa shape index (κ3) is 3.41. The Kier molecular flexibility index (Phi) is 4.11. The van der Waals surface area contributed by atoms with Crippen molar-refractivity contribution in [2.45, 2.75) is 46.5 Å². The summed E-state index contributed by atoms with van der Waals surface area (Å²) in [6.45, 7) is 7.70. The number of ketones is 1. The Hall–Kier alpha value is -0.370. The Morgan fingerprint density at radius 3 is 2.43 bits per heavy atom. The molecule has 0 aliphatic heterocycles. The Morgan fingerprint density at radius 1 is 1.36 bits per heavy atom. The molecule has 0 spiro atoms. The molecular weight excluding hydrogens is 176 g/mol. The van der Waals surface area contributed by atoms with Gasteiger partial charge in [-0.2, -0.15) is 0 Å². The summed E-state index contributed by atoms with van der Waals surface area (Å²) in [4.78, 5) is 11.2. The van der Waals surface area contributed by atoms with Gasteiger partial charge >= 0.3 is 0 Å². The van der Waals surface area contributed by atoms with Gasteiger partial charge in [-0.15, -0.1) is 0 Å². The van der Waals surface area contributed by atoms with Crippen LogP contribution < -0.4 is 0 Å². The summed E-state index contributed by atoms with van der Waals surface area (Å²) in [6.07, 6.45) is 4.21. The van der Waals surface area contributed by atoms with Crippen LogP contribution in [0.3, 0.4) is 0 Å². The molecule has 0 aromatic heterocycles. The number of carbonyl (C=O) groups excluding carboxylic acids is 1. The highest BCUT2D eigenvalue weighted by Gasteiger charge is 2.46. The molecule has 0 N–H and O–H groups in total. The molecular formula is C12H22O2. The number of ether oxygens (including phenoxy) is 1. The average Bonchev–Trinajstić information content (AvgIpc) is 2.84. The third-order valence-corrected chi connectivity index (χ3v) is 3.16. The van der Waals surface area contributed by atoms with E-state index in [4.69, 9.17) is 4.74 Å². The van der Waals surface area contributed by atoms with Crippen molar-refractivity contribution < 1.29 is 9.53 Å². The molecule has 0 aromatic rings. The highest BCUT2D eigenvalue weighted by atomic mass is 16.5. The van der Waals surface area contributed by atoms with E-state index in [1.165, 1.54) is 0 Å². The second-order valence-corrected chi connectivity index (χ2v) is 4.88. The van der Waals surface area contributed by atoms with E-state index in [-0.39, 0.29) is 5.41 Å². The zero-order chi connectivity index (χ0) is 10.6. The number of rotatable bonds is 7. The van der Waals surface area contributed by atoms with E-state index in [2.05, 4.69) is 13.8 Å². The van der Waals surface area contributed by atoms with Crippen LogP contribution in [-0.2, 0) is 9.53 Å². The Labute approximate surface area is 87.0 Å². The van der Waals surface area contributed by atoms with Crippen LogP contribution in [-0.4, -0.2) is 19.0 Å². The molecule has 0 bridgehead atoms. The maximum Gasteiger partial charge on any atom is 0.136 e. The molecule has 0 amide bonds. The van der Waals surface area contributed by atoms with Crippen LogP contribution in [0.5, 0.6) is 0 Å². The monoisotopic (exact) mass is 198 g/mol. The van der Waals surface area contributed by atoms with Crippen LogP contribution in [0.4, 0.5) is 0 Å². The first-order valence-corrected chi connectivity index (χ1v) is 5.66. The predicted molar refractivity (Wildman–Crippen MR) is 57.2 cm³/mol. The van der Waals surface area contributed by atoms with Crippen molar-refractivity contribution in [3.05, 3.63) is 0 Å². The smallest absolute Gasteiger partial charge is 0.136 e. The molecule has 1 aliphatic carbocycles. The predicted octanol–water partition coefficient (Wildman–Crippen LogP) is 2.81. The maximum atomic E-state index is 11.2. The van der Waals surface area contributed by atoms with Crippen LogP contribution >= 0.6 is 0 Å². The normalized spacial score (nSPS) is 18.6. The molecule has 14 heavy (non-hydrogen) atoms. The molecule has 2 nitrogen and oxygen atoms in total. The lowest BCUT2D eigenvalue weighted by molar-refractivity contribution is -0.122. The SMILES string of the molecule is CC(=O)C1(CCOCCC(C)C)CC1. The number of hydrogen-bond acceptors (Lipinski definition) is 2. The zero-order valence-electron chi connectivity index (χ0n) is 9.64. The van der Waals surface area contributed by atoms with Gasteiger partial charge in [-0.1, -0.05) is 13.8 Å². The minimum absolute atomic E-state index is 0.0256. The van der Waals surface area contributed by atoms with E-state index in [9.17, 15) is 4.79 Å². The van der Waals surface area contributed by atoms with E-state index in [0.717, 1.165) is 38.9 Å². The fourth-order valence-electron chi connectivity index (χ4n) is 1.62. The summed E-state index contributed by atoms with van der Waals surface area (Å²) in [7, 11) is 0. The van der Waals surface area contributed by atoms with Crippen LogP contribution in [0.25, 0.3) is 0 Å². The molecule has 0 saturated heterocycles. The van der Waals surface area contributed by atoms with E-state index in [1.54, 1.807) is 6.92 Å². The molecule has 0 unspecified atom stereocenters. The van der Waals surface area contributed by atoms with Crippen molar-refractivity contribution in [3.63, 3.8) is 0 Å². The van der Waals surface area contributed by atoms with E-state index < -0.39 is 0 Å². The molecule has 1 saturated carbocycles. The van der Waals surface area contributed by atoms with Gasteiger partial charge in [-0.25, -0.2) is 0 Å². The molecule has 0 atom stereocenters. The van der Waals surface area contributed by atoms with Gasteiger partial charge in [-0.3, -0.25) is 4.79 Å². The molecule has 1 fully saturated rings. The summed E-state index contributed by atoms with van der Waals surface area (Å²) < 4.78 is 5.52. The maximum absolute atomic E-state index is 11.2. The second-order valence-electron chi connectivity index (χ2n) is 4.88. The highest BCUT2D eigenvalue weighted by Crippen LogP contribution is 2.49.